The average Bonchev–Trinajstić information content (AvgIpc) is 2.64. The highest BCUT2D eigenvalue weighted by atomic mass is 35.5. The number of anilines is 2. The molecule has 136 valence electrons. The van der Waals surface area contributed by atoms with Crippen molar-refractivity contribution in [2.24, 2.45) is 0 Å². The largest absolute Gasteiger partial charge is 0.322 e. The van der Waals surface area contributed by atoms with Gasteiger partial charge in [-0.15, -0.1) is 0 Å². The Morgan fingerprint density at radius 3 is 2.48 bits per heavy atom. The first-order valence-electron chi connectivity index (χ1n) is 7.72. The minimum absolute atomic E-state index is 0.0996. The summed E-state index contributed by atoms with van der Waals surface area (Å²) in [7, 11) is 0. The van der Waals surface area contributed by atoms with E-state index in [-0.39, 0.29) is 16.9 Å². The van der Waals surface area contributed by atoms with Crippen molar-refractivity contribution in [2.45, 2.75) is 0 Å². The predicted molar refractivity (Wildman–Crippen MR) is 98.0 cm³/mol. The fraction of sp³-hybridized carbons (Fsp3) is 0. The van der Waals surface area contributed by atoms with Crippen LogP contribution in [0.2, 0.25) is 5.02 Å². The third kappa shape index (κ3) is 4.65. The Balaban J connectivity index is 1.76. The van der Waals surface area contributed by atoms with Crippen LogP contribution in [0.4, 0.5) is 20.2 Å². The van der Waals surface area contributed by atoms with Crippen molar-refractivity contribution < 1.29 is 18.4 Å². The van der Waals surface area contributed by atoms with Gasteiger partial charge in [0.1, 0.15) is 17.3 Å². The van der Waals surface area contributed by atoms with Crippen LogP contribution in [0.3, 0.4) is 0 Å². The van der Waals surface area contributed by atoms with Gasteiger partial charge in [-0.05, 0) is 42.5 Å². The van der Waals surface area contributed by atoms with Crippen LogP contribution in [0.25, 0.3) is 0 Å². The molecule has 0 radical (unpaired) electrons. The van der Waals surface area contributed by atoms with Crippen molar-refractivity contribution in [3.05, 3.63) is 88.7 Å². The van der Waals surface area contributed by atoms with Crippen LogP contribution in [0, 0.1) is 11.6 Å². The summed E-state index contributed by atoms with van der Waals surface area (Å²) in [6.45, 7) is 0. The Morgan fingerprint density at radius 2 is 1.74 bits per heavy atom. The number of carbonyl (C=O) groups is 2. The van der Waals surface area contributed by atoms with E-state index >= 15 is 0 Å². The third-order valence-electron chi connectivity index (χ3n) is 3.52. The molecule has 0 aliphatic rings. The molecule has 3 aromatic rings. The lowest BCUT2D eigenvalue weighted by molar-refractivity contribution is 0.102. The molecule has 8 heteroatoms. The number of hydrogen-bond acceptors (Lipinski definition) is 3. The zero-order chi connectivity index (χ0) is 19.4. The molecule has 0 atom stereocenters. The number of hydrogen-bond donors (Lipinski definition) is 2. The van der Waals surface area contributed by atoms with E-state index in [0.29, 0.717) is 16.8 Å². The second kappa shape index (κ2) is 7.92. The number of halogens is 3. The van der Waals surface area contributed by atoms with E-state index in [1.165, 1.54) is 18.3 Å². The molecule has 2 N–H and O–H groups in total. The Hall–Kier alpha value is -3.32. The van der Waals surface area contributed by atoms with E-state index < -0.39 is 23.4 Å². The van der Waals surface area contributed by atoms with Gasteiger partial charge in [0.2, 0.25) is 0 Å². The number of amides is 2. The lowest BCUT2D eigenvalue weighted by Crippen LogP contribution is -2.17. The smallest absolute Gasteiger partial charge is 0.274 e. The Labute approximate surface area is 158 Å². The molecular formula is C19H12ClF2N3O2. The van der Waals surface area contributed by atoms with Crippen LogP contribution in [0.5, 0.6) is 0 Å². The fourth-order valence-electron chi connectivity index (χ4n) is 2.24. The minimum atomic E-state index is -0.918. The van der Waals surface area contributed by atoms with Gasteiger partial charge in [0.05, 0.1) is 5.69 Å². The van der Waals surface area contributed by atoms with E-state index in [1.54, 1.807) is 24.3 Å². The van der Waals surface area contributed by atoms with Crippen molar-refractivity contribution in [1.82, 2.24) is 4.98 Å². The van der Waals surface area contributed by atoms with Gasteiger partial charge >= 0.3 is 0 Å². The molecule has 0 aliphatic carbocycles. The van der Waals surface area contributed by atoms with Gasteiger partial charge in [-0.1, -0.05) is 17.7 Å². The first kappa shape index (κ1) is 18.5. The molecule has 1 heterocycles. The highest BCUT2D eigenvalue weighted by Crippen LogP contribution is 2.17. The molecule has 2 aromatic carbocycles. The van der Waals surface area contributed by atoms with Crippen LogP contribution in [-0.2, 0) is 0 Å². The maximum atomic E-state index is 13.7. The minimum Gasteiger partial charge on any atom is -0.322 e. The molecule has 27 heavy (non-hydrogen) atoms. The van der Waals surface area contributed by atoms with Gasteiger partial charge in [-0.2, -0.15) is 0 Å². The SMILES string of the molecule is O=C(Nc1cccc(Cl)c1)c1ccnc(C(=O)Nc2ccc(F)cc2F)c1. The topological polar surface area (TPSA) is 71.1 Å². The maximum Gasteiger partial charge on any atom is 0.274 e. The molecule has 0 aliphatic heterocycles. The number of benzene rings is 2. The van der Waals surface area contributed by atoms with Crippen molar-refractivity contribution in [2.75, 3.05) is 10.6 Å². The number of aromatic nitrogens is 1. The zero-order valence-corrected chi connectivity index (χ0v) is 14.4. The summed E-state index contributed by atoms with van der Waals surface area (Å²) in [4.78, 5) is 28.5. The molecule has 0 spiro atoms. The number of rotatable bonds is 4. The number of carbonyl (C=O) groups excluding carboxylic acids is 2. The van der Waals surface area contributed by atoms with E-state index in [1.807, 2.05) is 0 Å². The van der Waals surface area contributed by atoms with Crippen LogP contribution in [0.1, 0.15) is 20.8 Å². The Kier molecular flexibility index (Phi) is 5.42. The molecule has 5 nitrogen and oxygen atoms in total. The first-order valence-corrected chi connectivity index (χ1v) is 8.09. The van der Waals surface area contributed by atoms with E-state index in [4.69, 9.17) is 11.6 Å². The van der Waals surface area contributed by atoms with Crippen LogP contribution in [-0.4, -0.2) is 16.8 Å². The Bertz CT molecular complexity index is 1030. The normalized spacial score (nSPS) is 10.3. The molecule has 0 unspecified atom stereocenters. The van der Waals surface area contributed by atoms with Gasteiger partial charge in [0, 0.05) is 28.5 Å². The maximum absolute atomic E-state index is 13.7. The molecule has 0 saturated carbocycles. The standard InChI is InChI=1S/C19H12ClF2N3O2/c20-12-2-1-3-14(9-12)24-18(26)11-6-7-23-17(8-11)19(27)25-16-5-4-13(21)10-15(16)22/h1-10H,(H,24,26)(H,25,27). The molecule has 2 amide bonds. The van der Waals surface area contributed by atoms with Gasteiger partial charge in [-0.3, -0.25) is 14.6 Å². The van der Waals surface area contributed by atoms with Gasteiger partial charge in [0.15, 0.2) is 0 Å². The molecular weight excluding hydrogens is 376 g/mol. The molecule has 0 fully saturated rings. The lowest BCUT2D eigenvalue weighted by atomic mass is 10.2. The Morgan fingerprint density at radius 1 is 0.926 bits per heavy atom. The first-order chi connectivity index (χ1) is 12.9. The van der Waals surface area contributed by atoms with Gasteiger partial charge in [-0.25, -0.2) is 8.78 Å². The zero-order valence-electron chi connectivity index (χ0n) is 13.7. The fourth-order valence-corrected chi connectivity index (χ4v) is 2.43. The van der Waals surface area contributed by atoms with Gasteiger partial charge in [0.25, 0.3) is 11.8 Å². The molecule has 0 bridgehead atoms. The number of nitrogens with zero attached hydrogens (tertiary/aromatic N) is 1. The summed E-state index contributed by atoms with van der Waals surface area (Å²) >= 11 is 5.87. The number of nitrogens with one attached hydrogen (secondary N) is 2. The summed E-state index contributed by atoms with van der Waals surface area (Å²) in [6, 6.07) is 12.0. The second-order valence-electron chi connectivity index (χ2n) is 5.47. The molecule has 3 rings (SSSR count). The number of pyridine rings is 1. The van der Waals surface area contributed by atoms with E-state index in [0.717, 1.165) is 12.1 Å². The van der Waals surface area contributed by atoms with E-state index in [2.05, 4.69) is 15.6 Å². The highest BCUT2D eigenvalue weighted by molar-refractivity contribution is 6.31. The summed E-state index contributed by atoms with van der Waals surface area (Å²) in [5.74, 6) is -2.89. The van der Waals surface area contributed by atoms with Gasteiger partial charge < -0.3 is 10.6 Å². The molecule has 1 aromatic heterocycles. The summed E-state index contributed by atoms with van der Waals surface area (Å²) < 4.78 is 26.6. The van der Waals surface area contributed by atoms with Crippen molar-refractivity contribution in [3.63, 3.8) is 0 Å². The second-order valence-corrected chi connectivity index (χ2v) is 5.91. The van der Waals surface area contributed by atoms with Crippen molar-refractivity contribution in [1.29, 1.82) is 0 Å². The van der Waals surface area contributed by atoms with E-state index in [9.17, 15) is 18.4 Å². The quantitative estimate of drug-likeness (QED) is 0.691. The highest BCUT2D eigenvalue weighted by Gasteiger charge is 2.14. The summed E-state index contributed by atoms with van der Waals surface area (Å²) in [5, 5.41) is 5.39. The van der Waals surface area contributed by atoms with Crippen LogP contribution >= 0.6 is 11.6 Å². The monoisotopic (exact) mass is 387 g/mol. The average molecular weight is 388 g/mol. The van der Waals surface area contributed by atoms with Crippen molar-refractivity contribution >= 4 is 34.8 Å². The van der Waals surface area contributed by atoms with Crippen LogP contribution in [0.15, 0.2) is 60.8 Å². The van der Waals surface area contributed by atoms with Crippen LogP contribution < -0.4 is 10.6 Å². The summed E-state index contributed by atoms with van der Waals surface area (Å²) in [6.07, 6.45) is 1.28. The predicted octanol–water partition coefficient (Wildman–Crippen LogP) is 4.52. The summed E-state index contributed by atoms with van der Waals surface area (Å²) in [5.41, 5.74) is 0.368. The lowest BCUT2D eigenvalue weighted by Gasteiger charge is -2.08. The third-order valence-corrected chi connectivity index (χ3v) is 3.75. The molecule has 0 saturated heterocycles. The van der Waals surface area contributed by atoms with Crippen molar-refractivity contribution in [3.8, 4) is 0 Å².